The highest BCUT2D eigenvalue weighted by Gasteiger charge is 2.43. The van der Waals surface area contributed by atoms with Crippen LogP contribution < -0.4 is 53.2 Å². The van der Waals surface area contributed by atoms with Gasteiger partial charge in [0.05, 0.1) is 28.9 Å². The molecule has 109 heavy (non-hydrogen) atoms. The minimum Gasteiger partial charge on any atom is -0.508 e. The molecule has 11 atom stereocenters. The molecule has 0 spiro atoms. The second-order valence-corrected chi connectivity index (χ2v) is 26.0. The Morgan fingerprint density at radius 1 is 0.523 bits per heavy atom. The van der Waals surface area contributed by atoms with Gasteiger partial charge in [-0.05, 0) is 86.1 Å². The van der Waals surface area contributed by atoms with E-state index in [0.29, 0.717) is 23.3 Å². The number of nitrogens with zero attached hydrogens (tertiary/aromatic N) is 3. The van der Waals surface area contributed by atoms with Crippen molar-refractivity contribution in [1.29, 1.82) is 0 Å². The molecule has 594 valence electrons. The Hall–Kier alpha value is -12.3. The lowest BCUT2D eigenvalue weighted by Crippen LogP contribution is -2.61. The molecule has 1 fully saturated rings. The molecule has 1 aliphatic heterocycles. The van der Waals surface area contributed by atoms with Crippen LogP contribution in [0.5, 0.6) is 5.75 Å². The smallest absolute Gasteiger partial charge is 0.326 e. The standard InChI is InChI=1S/C68H88FN13O27/c1-5-35(4)58(67(103)80-25-9-12-49(80)66(102)75-43(19-23-55(89)90)60(96)72-42(18-22-54(87)88)61(97)76-46(28-37-13-15-39(83)16-14-37)64(100)78-48(68(104)105)26-34(2)3)79-62(98)44(20-24-56(91)92)73-59(95)41(17-21-53(85)86)74-63(99)45(27-36-10-7-6-8-11-36)77-65(101)47(30-57(93)94)71-52(84)33-70-32-38-29-40(69)51(82(108)109)31-50(38)81(106)107/h6-8,10-11,13-16,29,31,34-35,41-49,58,70,83H,5,9,12,17-28,30,32-33H2,1-4H3,(H,71,84)(H,72,96)(H,73,95)(H,74,99)(H,75,102)(H,76,97)(H,77,101)(H,78,100)(H,79,98)(H,85,86)(H,87,88)(H,89,90)(H,91,92)(H,93,94)(H,104,105)/t35-,41-,42-,43-,44-,45-,46-,47-,48-,49-,58-/m0/s1. The summed E-state index contributed by atoms with van der Waals surface area (Å²) in [4.78, 5) is 236. The van der Waals surface area contributed by atoms with Crippen LogP contribution in [0, 0.1) is 37.9 Å². The van der Waals surface area contributed by atoms with E-state index in [1.54, 1.807) is 26.8 Å². The number of carboxylic acid groups (broad SMARTS) is 6. The van der Waals surface area contributed by atoms with Crippen LogP contribution in [0.25, 0.3) is 0 Å². The van der Waals surface area contributed by atoms with Crippen molar-refractivity contribution < 1.29 is 127 Å². The van der Waals surface area contributed by atoms with Crippen molar-refractivity contribution in [3.05, 3.63) is 109 Å². The summed E-state index contributed by atoms with van der Waals surface area (Å²) in [7, 11) is 0. The average molecular weight is 1540 g/mol. The maximum absolute atomic E-state index is 14.8. The highest BCUT2D eigenvalue weighted by molar-refractivity contribution is 6.00. The van der Waals surface area contributed by atoms with Crippen molar-refractivity contribution in [3.63, 3.8) is 0 Å². The van der Waals surface area contributed by atoms with E-state index in [1.807, 2.05) is 0 Å². The zero-order valence-electron chi connectivity index (χ0n) is 59.5. The van der Waals surface area contributed by atoms with Crippen LogP contribution in [-0.2, 0) is 96.1 Å². The highest BCUT2D eigenvalue weighted by Crippen LogP contribution is 2.28. The summed E-state index contributed by atoms with van der Waals surface area (Å²) in [6.45, 7) is 4.77. The van der Waals surface area contributed by atoms with Crippen molar-refractivity contribution in [1.82, 2.24) is 58.1 Å². The number of nitro groups is 2. The SMILES string of the molecule is CC[C@H](C)[C@H](NC(=O)[C@H](CCC(=O)O)NC(=O)[C@H](CCC(=O)O)NC(=O)[C@H](Cc1ccccc1)NC(=O)[C@H](CC(=O)O)NC(=O)CNCc1cc(F)c([N+](=O)[O-])cc1[N+](=O)[O-])C(=O)N1CCC[C@H]1C(=O)N[C@@H](CCC(=O)O)C(=O)N[C@@H](CCC(=O)O)C(=O)N[C@@H](Cc1ccc(O)cc1)C(=O)N[C@@H](CC(C)C)C(=O)O. The molecular formula is C68H88FN13O27. The van der Waals surface area contributed by atoms with E-state index in [-0.39, 0.29) is 50.3 Å². The van der Waals surface area contributed by atoms with Gasteiger partial charge in [0, 0.05) is 57.2 Å². The predicted molar refractivity (Wildman–Crippen MR) is 372 cm³/mol. The monoisotopic (exact) mass is 1540 g/mol. The van der Waals surface area contributed by atoms with Crippen LogP contribution in [0.4, 0.5) is 15.8 Å². The molecule has 40 nitrogen and oxygen atoms in total. The Bertz CT molecular complexity index is 3850. The number of phenols is 1. The molecule has 10 amide bonds. The number of nitrogens with one attached hydrogen (secondary N) is 10. The highest BCUT2D eigenvalue weighted by atomic mass is 19.1. The van der Waals surface area contributed by atoms with E-state index in [4.69, 9.17) is 0 Å². The Balaban J connectivity index is 1.60. The van der Waals surface area contributed by atoms with Crippen molar-refractivity contribution in [3.8, 4) is 5.75 Å². The molecule has 4 rings (SSSR count). The summed E-state index contributed by atoms with van der Waals surface area (Å²) in [5, 5.41) is 115. The number of rotatable bonds is 47. The van der Waals surface area contributed by atoms with Crippen LogP contribution in [-0.4, -0.2) is 219 Å². The third-order valence-electron chi connectivity index (χ3n) is 17.2. The molecule has 1 heterocycles. The number of aromatic hydroxyl groups is 1. The molecule has 0 bridgehead atoms. The van der Waals surface area contributed by atoms with E-state index >= 15 is 0 Å². The van der Waals surface area contributed by atoms with Gasteiger partial charge in [0.1, 0.15) is 66.2 Å². The Morgan fingerprint density at radius 3 is 1.38 bits per heavy atom. The third kappa shape index (κ3) is 29.9. The van der Waals surface area contributed by atoms with Gasteiger partial charge in [0.15, 0.2) is 0 Å². The van der Waals surface area contributed by atoms with Crippen LogP contribution in [0.1, 0.15) is 128 Å². The minimum absolute atomic E-state index is 0.0442. The Morgan fingerprint density at radius 2 is 0.945 bits per heavy atom. The fourth-order valence-electron chi connectivity index (χ4n) is 11.3. The summed E-state index contributed by atoms with van der Waals surface area (Å²) in [6, 6.07) is -3.87. The number of carbonyl (C=O) groups is 16. The lowest BCUT2D eigenvalue weighted by Gasteiger charge is -2.33. The average Bonchev–Trinajstić information content (AvgIpc) is 1.82. The lowest BCUT2D eigenvalue weighted by molar-refractivity contribution is -0.396. The Labute approximate surface area is 620 Å². The zero-order chi connectivity index (χ0) is 81.5. The number of nitro benzene ring substituents is 2. The van der Waals surface area contributed by atoms with E-state index in [9.17, 15) is 137 Å². The summed E-state index contributed by atoms with van der Waals surface area (Å²) < 4.78 is 14.5. The van der Waals surface area contributed by atoms with E-state index in [2.05, 4.69) is 53.2 Å². The normalized spacial score (nSPS) is 15.2. The molecule has 0 aromatic heterocycles. The van der Waals surface area contributed by atoms with Gasteiger partial charge in [-0.25, -0.2) is 4.79 Å². The fraction of sp³-hybridized carbons (Fsp3) is 0.500. The lowest BCUT2D eigenvalue weighted by atomic mass is 9.96. The molecule has 0 aliphatic carbocycles. The summed E-state index contributed by atoms with van der Waals surface area (Å²) >= 11 is 0. The fourth-order valence-corrected chi connectivity index (χ4v) is 11.3. The number of carboxylic acids is 6. The first kappa shape index (κ1) is 89.1. The first-order valence-corrected chi connectivity index (χ1v) is 34.3. The molecule has 3 aromatic carbocycles. The quantitative estimate of drug-likeness (QED) is 0.0248. The second kappa shape index (κ2) is 43.3. The van der Waals surface area contributed by atoms with Crippen molar-refractivity contribution in [2.24, 2.45) is 11.8 Å². The molecule has 0 unspecified atom stereocenters. The molecule has 0 radical (unpaired) electrons. The number of aliphatic carboxylic acids is 6. The molecule has 0 saturated carbocycles. The number of amides is 10. The Kier molecular flexibility index (Phi) is 35.4. The first-order chi connectivity index (χ1) is 51.3. The number of hydrogen-bond donors (Lipinski definition) is 17. The molecule has 41 heteroatoms. The molecule has 1 saturated heterocycles. The molecule has 1 aliphatic rings. The zero-order valence-corrected chi connectivity index (χ0v) is 59.5. The van der Waals surface area contributed by atoms with Crippen molar-refractivity contribution >= 4 is 106 Å². The number of carbonyl (C=O) groups excluding carboxylic acids is 10. The summed E-state index contributed by atoms with van der Waals surface area (Å²) in [5.41, 5.74) is -1.93. The number of halogens is 1. The number of phenolic OH excluding ortho intramolecular Hbond substituents is 1. The number of hydrogen-bond acceptors (Lipinski definition) is 22. The van der Waals surface area contributed by atoms with Crippen LogP contribution in [0.3, 0.4) is 0 Å². The van der Waals surface area contributed by atoms with Crippen LogP contribution in [0.2, 0.25) is 0 Å². The van der Waals surface area contributed by atoms with E-state index < -0.39 is 271 Å². The van der Waals surface area contributed by atoms with Crippen molar-refractivity contribution in [2.75, 3.05) is 13.1 Å². The van der Waals surface area contributed by atoms with Gasteiger partial charge in [0.2, 0.25) is 64.9 Å². The summed E-state index contributed by atoms with van der Waals surface area (Å²) in [5.74, 6) is -23.6. The van der Waals surface area contributed by atoms with Gasteiger partial charge >= 0.3 is 41.5 Å². The molecule has 17 N–H and O–H groups in total. The predicted octanol–water partition coefficient (Wildman–Crippen LogP) is -0.612. The third-order valence-corrected chi connectivity index (χ3v) is 17.2. The number of benzene rings is 3. The number of likely N-dealkylation sites (tertiary alicyclic amines) is 1. The van der Waals surface area contributed by atoms with Crippen LogP contribution in [0.15, 0.2) is 66.7 Å². The van der Waals surface area contributed by atoms with Gasteiger partial charge in [-0.3, -0.25) is 92.1 Å². The van der Waals surface area contributed by atoms with Gasteiger partial charge < -0.3 is 93.8 Å². The van der Waals surface area contributed by atoms with E-state index in [0.717, 1.165) is 4.90 Å². The maximum atomic E-state index is 14.8. The van der Waals surface area contributed by atoms with Gasteiger partial charge in [-0.2, -0.15) is 4.39 Å². The van der Waals surface area contributed by atoms with E-state index in [1.165, 1.54) is 55.5 Å². The van der Waals surface area contributed by atoms with Crippen molar-refractivity contribution in [2.45, 2.75) is 191 Å². The summed E-state index contributed by atoms with van der Waals surface area (Å²) in [6.07, 6.45) is -8.07. The van der Waals surface area contributed by atoms with Gasteiger partial charge in [0.25, 0.3) is 5.69 Å². The second-order valence-electron chi connectivity index (χ2n) is 26.0. The van der Waals surface area contributed by atoms with Gasteiger partial charge in [-0.15, -0.1) is 0 Å². The maximum Gasteiger partial charge on any atom is 0.326 e. The molecular weight excluding hydrogens is 1450 g/mol. The largest absolute Gasteiger partial charge is 0.508 e. The van der Waals surface area contributed by atoms with Gasteiger partial charge in [-0.1, -0.05) is 76.6 Å². The topological polar surface area (TPSA) is 625 Å². The molecule has 3 aromatic rings. The first-order valence-electron chi connectivity index (χ1n) is 34.3. The van der Waals surface area contributed by atoms with Crippen LogP contribution >= 0.6 is 0 Å². The minimum atomic E-state index is -2.01.